The normalized spacial score (nSPS) is 28.8. The molecule has 120 valence electrons. The van der Waals surface area contributed by atoms with Crippen molar-refractivity contribution in [1.29, 1.82) is 21.2 Å². The second-order valence-corrected chi connectivity index (χ2v) is 6.98. The highest BCUT2D eigenvalue weighted by Gasteiger charge is 2.57. The van der Waals surface area contributed by atoms with Crippen LogP contribution in [-0.4, -0.2) is 30.2 Å². The number of nitrogens with one attached hydrogen (secondary N) is 1. The van der Waals surface area contributed by atoms with Gasteiger partial charge in [-0.1, -0.05) is 13.0 Å². The Kier molecular flexibility index (Phi) is 4.24. The molecule has 1 aliphatic carbocycles. The number of nitrogens with zero attached hydrogens (tertiary/aromatic N) is 4. The van der Waals surface area contributed by atoms with Crippen molar-refractivity contribution in [3.63, 3.8) is 0 Å². The fourth-order valence-corrected chi connectivity index (χ4v) is 4.65. The van der Waals surface area contributed by atoms with Crippen LogP contribution in [0.1, 0.15) is 18.4 Å². The van der Waals surface area contributed by atoms with E-state index in [1.165, 1.54) is 11.3 Å². The van der Waals surface area contributed by atoms with E-state index in [0.717, 1.165) is 24.2 Å². The van der Waals surface area contributed by atoms with Crippen molar-refractivity contribution < 1.29 is 0 Å². The molecule has 5 nitrogen and oxygen atoms in total. The van der Waals surface area contributed by atoms with E-state index in [2.05, 4.69) is 30.0 Å². The minimum absolute atomic E-state index is 0.0707. The summed E-state index contributed by atoms with van der Waals surface area (Å²) in [5.41, 5.74) is 0.168. The van der Waals surface area contributed by atoms with E-state index in [0.29, 0.717) is 6.54 Å². The van der Waals surface area contributed by atoms with Crippen LogP contribution in [-0.2, 0) is 0 Å². The third-order valence-corrected chi connectivity index (χ3v) is 5.92. The first kappa shape index (κ1) is 16.4. The van der Waals surface area contributed by atoms with E-state index in [4.69, 9.17) is 5.41 Å². The third-order valence-electron chi connectivity index (χ3n) is 5.22. The Balaban J connectivity index is 2.23. The topological polar surface area (TPSA) is 98.5 Å². The molecule has 2 heterocycles. The average molecular weight is 335 g/mol. The van der Waals surface area contributed by atoms with Gasteiger partial charge >= 0.3 is 0 Å². The molecule has 0 aromatic carbocycles. The van der Waals surface area contributed by atoms with Crippen LogP contribution >= 0.6 is 11.3 Å². The lowest BCUT2D eigenvalue weighted by atomic mass is 9.54. The summed E-state index contributed by atoms with van der Waals surface area (Å²) in [6, 6.07) is 8.31. The van der Waals surface area contributed by atoms with Gasteiger partial charge in [0.15, 0.2) is 5.41 Å². The highest BCUT2D eigenvalue weighted by molar-refractivity contribution is 7.08. The molecule has 0 bridgehead atoms. The van der Waals surface area contributed by atoms with Gasteiger partial charge in [0.2, 0.25) is 0 Å². The van der Waals surface area contributed by atoms with Gasteiger partial charge in [0.1, 0.15) is 5.92 Å². The number of nitriles is 3. The molecule has 1 aromatic rings. The van der Waals surface area contributed by atoms with Crippen LogP contribution in [0.2, 0.25) is 0 Å². The Labute approximate surface area is 145 Å². The number of thiophene rings is 1. The molecule has 1 aromatic heterocycles. The molecular formula is C18H17N5S. The van der Waals surface area contributed by atoms with E-state index in [1.807, 2.05) is 22.9 Å². The molecule has 24 heavy (non-hydrogen) atoms. The van der Waals surface area contributed by atoms with Crippen LogP contribution in [0.4, 0.5) is 0 Å². The van der Waals surface area contributed by atoms with Gasteiger partial charge < -0.3 is 5.41 Å². The van der Waals surface area contributed by atoms with Crippen LogP contribution in [0, 0.1) is 56.7 Å². The van der Waals surface area contributed by atoms with E-state index >= 15 is 0 Å². The number of rotatable bonds is 2. The first-order valence-corrected chi connectivity index (χ1v) is 8.82. The summed E-state index contributed by atoms with van der Waals surface area (Å²) in [5, 5.41) is 41.7. The molecule has 1 saturated carbocycles. The number of hydrogen-bond acceptors (Lipinski definition) is 6. The molecule has 0 radical (unpaired) electrons. The van der Waals surface area contributed by atoms with Crippen molar-refractivity contribution in [2.75, 3.05) is 19.6 Å². The molecule has 0 spiro atoms. The lowest BCUT2D eigenvalue weighted by molar-refractivity contribution is 0.212. The van der Waals surface area contributed by atoms with Gasteiger partial charge in [-0.15, -0.1) is 0 Å². The highest BCUT2D eigenvalue weighted by Crippen LogP contribution is 2.53. The summed E-state index contributed by atoms with van der Waals surface area (Å²) < 4.78 is 0. The molecule has 1 unspecified atom stereocenters. The van der Waals surface area contributed by atoms with Crippen LogP contribution in [0.15, 0.2) is 28.5 Å². The minimum atomic E-state index is -1.58. The minimum Gasteiger partial charge on any atom is -0.305 e. The standard InChI is InChI=1S/C18H17N5S/c1-2-23-5-3-13-14(7-19)17(22)18(10-20,11-21)16(15(13)8-23)12-4-6-24-9-12/h3-4,6,9,14-16,22H,2,5,8H2,1H3/t14?,15-,16+/m1/s1. The first-order chi connectivity index (χ1) is 11.6. The number of hydrogen-bond donors (Lipinski definition) is 1. The fourth-order valence-electron chi connectivity index (χ4n) is 3.95. The first-order valence-electron chi connectivity index (χ1n) is 7.88. The van der Waals surface area contributed by atoms with Gasteiger partial charge in [0.25, 0.3) is 0 Å². The van der Waals surface area contributed by atoms with Crippen LogP contribution in [0.5, 0.6) is 0 Å². The van der Waals surface area contributed by atoms with Crippen molar-refractivity contribution >= 4 is 17.0 Å². The largest absolute Gasteiger partial charge is 0.305 e. The quantitative estimate of drug-likeness (QED) is 0.840. The second kappa shape index (κ2) is 6.21. The van der Waals surface area contributed by atoms with E-state index in [1.54, 1.807) is 0 Å². The van der Waals surface area contributed by atoms with Crippen molar-refractivity contribution in [2.45, 2.75) is 12.8 Å². The van der Waals surface area contributed by atoms with Crippen LogP contribution in [0.25, 0.3) is 0 Å². The summed E-state index contributed by atoms with van der Waals surface area (Å²) >= 11 is 1.52. The Morgan fingerprint density at radius 3 is 2.67 bits per heavy atom. The van der Waals surface area contributed by atoms with Crippen LogP contribution in [0.3, 0.4) is 0 Å². The maximum atomic E-state index is 9.86. The van der Waals surface area contributed by atoms with Gasteiger partial charge in [-0.05, 0) is 34.5 Å². The van der Waals surface area contributed by atoms with Gasteiger partial charge in [-0.2, -0.15) is 27.1 Å². The number of likely N-dealkylation sites (N-methyl/N-ethyl adjacent to an activating group) is 1. The Bertz CT molecular complexity index is 788. The lowest BCUT2D eigenvalue weighted by Gasteiger charge is -2.47. The summed E-state index contributed by atoms with van der Waals surface area (Å²) in [6.45, 7) is 4.40. The fraction of sp³-hybridized carbons (Fsp3) is 0.444. The monoisotopic (exact) mass is 335 g/mol. The summed E-state index contributed by atoms with van der Waals surface area (Å²) in [7, 11) is 0. The zero-order valence-corrected chi connectivity index (χ0v) is 14.2. The van der Waals surface area contributed by atoms with E-state index in [-0.39, 0.29) is 11.6 Å². The van der Waals surface area contributed by atoms with Gasteiger partial charge in [-0.25, -0.2) is 0 Å². The lowest BCUT2D eigenvalue weighted by Crippen LogP contribution is -2.52. The van der Waals surface area contributed by atoms with Gasteiger partial charge in [0, 0.05) is 24.9 Å². The molecule has 2 aliphatic rings. The maximum Gasteiger partial charge on any atom is 0.189 e. The molecule has 1 aliphatic heterocycles. The maximum absolute atomic E-state index is 9.86. The molecule has 6 heteroatoms. The molecule has 3 atom stereocenters. The summed E-state index contributed by atoms with van der Waals surface area (Å²) in [5.74, 6) is -1.27. The van der Waals surface area contributed by atoms with Crippen molar-refractivity contribution in [3.05, 3.63) is 34.0 Å². The molecule has 1 N–H and O–H groups in total. The molecule has 0 saturated heterocycles. The van der Waals surface area contributed by atoms with Gasteiger partial charge in [-0.3, -0.25) is 4.90 Å². The predicted molar refractivity (Wildman–Crippen MR) is 91.2 cm³/mol. The highest BCUT2D eigenvalue weighted by atomic mass is 32.1. The predicted octanol–water partition coefficient (Wildman–Crippen LogP) is 2.92. The smallest absolute Gasteiger partial charge is 0.189 e. The van der Waals surface area contributed by atoms with Crippen molar-refractivity contribution in [3.8, 4) is 18.2 Å². The zero-order valence-electron chi connectivity index (χ0n) is 13.4. The Morgan fingerprint density at radius 1 is 1.38 bits per heavy atom. The molecular weight excluding hydrogens is 318 g/mol. The SMILES string of the molecule is CCN1CC=C2C(C#N)C(=N)C(C#N)(C#N)[C@@H](c3ccsc3)[C@@H]2C1. The summed E-state index contributed by atoms with van der Waals surface area (Å²) in [4.78, 5) is 2.25. The molecule has 1 fully saturated rings. The van der Waals surface area contributed by atoms with E-state index in [9.17, 15) is 15.8 Å². The average Bonchev–Trinajstić information content (AvgIpc) is 3.14. The second-order valence-electron chi connectivity index (χ2n) is 6.20. The number of fused-ring (bicyclic) bond motifs is 1. The molecule has 3 rings (SSSR count). The van der Waals surface area contributed by atoms with Crippen LogP contribution < -0.4 is 0 Å². The molecule has 0 amide bonds. The summed E-state index contributed by atoms with van der Waals surface area (Å²) in [6.07, 6.45) is 2.03. The van der Waals surface area contributed by atoms with E-state index < -0.39 is 17.3 Å². The Hall–Kier alpha value is -2.46. The third kappa shape index (κ3) is 2.18. The van der Waals surface area contributed by atoms with Gasteiger partial charge in [0.05, 0.1) is 23.9 Å². The van der Waals surface area contributed by atoms with Crippen molar-refractivity contribution in [1.82, 2.24) is 4.90 Å². The van der Waals surface area contributed by atoms with Crippen molar-refractivity contribution in [2.24, 2.45) is 17.3 Å². The zero-order chi connectivity index (χ0) is 17.3. The Morgan fingerprint density at radius 2 is 2.12 bits per heavy atom.